The van der Waals surface area contributed by atoms with Crippen molar-refractivity contribution in [2.24, 2.45) is 0 Å². The Morgan fingerprint density at radius 1 is 0.667 bits per heavy atom. The lowest BCUT2D eigenvalue weighted by atomic mass is 10.0. The molecule has 0 radical (unpaired) electrons. The van der Waals surface area contributed by atoms with Crippen LogP contribution in [-0.4, -0.2) is 68.0 Å². The molecule has 0 amide bonds. The predicted octanol–water partition coefficient (Wildman–Crippen LogP) is 5.97. The summed E-state index contributed by atoms with van der Waals surface area (Å²) in [5, 5.41) is 18.0. The highest BCUT2D eigenvalue weighted by molar-refractivity contribution is 5.88. The normalized spacial score (nSPS) is 10.8. The highest BCUT2D eigenvalue weighted by Crippen LogP contribution is 2.30. The zero-order chi connectivity index (χ0) is 34.9. The van der Waals surface area contributed by atoms with Crippen molar-refractivity contribution < 1.29 is 51.9 Å². The van der Waals surface area contributed by atoms with E-state index >= 15 is 0 Å². The number of carbonyl (C=O) groups is 2. The van der Waals surface area contributed by atoms with Gasteiger partial charge in [-0.2, -0.15) is 13.2 Å². The minimum Gasteiger partial charge on any atom is -0.490 e. The molecule has 0 spiro atoms. The van der Waals surface area contributed by atoms with Gasteiger partial charge in [-0.1, -0.05) is 49.3 Å². The molecule has 3 rings (SSSR count). The Morgan fingerprint density at radius 2 is 1.15 bits per heavy atom. The third-order valence-electron chi connectivity index (χ3n) is 6.71. The highest BCUT2D eigenvalue weighted by Gasteiger charge is 2.25. The predicted molar refractivity (Wildman–Crippen MR) is 173 cm³/mol. The molecule has 3 aromatic rings. The minimum absolute atomic E-state index is 0.0157. The molecule has 0 aliphatic rings. The summed E-state index contributed by atoms with van der Waals surface area (Å²) in [6, 6.07) is 20.1. The van der Waals surface area contributed by atoms with Crippen molar-refractivity contribution in [1.29, 1.82) is 0 Å². The van der Waals surface area contributed by atoms with Crippen molar-refractivity contribution in [3.05, 3.63) is 108 Å². The second kappa shape index (κ2) is 18.9. The fraction of sp³-hybridized carbons (Fsp3) is 0.297. The van der Waals surface area contributed by atoms with Gasteiger partial charge in [0.25, 0.3) is 0 Å². The molecule has 11 heteroatoms. The Labute approximate surface area is 277 Å². The van der Waals surface area contributed by atoms with Gasteiger partial charge >= 0.3 is 18.1 Å². The lowest BCUT2D eigenvalue weighted by Gasteiger charge is -2.13. The number of aryl methyl sites for hydroxylation is 1. The number of alkyl halides is 3. The second-order valence-corrected chi connectivity index (χ2v) is 10.5. The zero-order valence-electron chi connectivity index (χ0n) is 26.3. The van der Waals surface area contributed by atoms with Crippen LogP contribution < -0.4 is 9.47 Å². The average molecular weight is 667 g/mol. The van der Waals surface area contributed by atoms with E-state index in [2.05, 4.69) is 25.0 Å². The molecular weight excluding hydrogens is 629 g/mol. The number of esters is 2. The first kappa shape index (κ1) is 37.4. The highest BCUT2D eigenvalue weighted by atomic mass is 19.4. The van der Waals surface area contributed by atoms with E-state index in [1.54, 1.807) is 18.2 Å². The fourth-order valence-corrected chi connectivity index (χ4v) is 4.13. The average Bonchev–Trinajstić information content (AvgIpc) is 3.08. The van der Waals surface area contributed by atoms with Crippen LogP contribution in [0, 0.1) is 11.8 Å². The SMILES string of the molecule is C=C(CO)C(=O)OCCOc1cc(OCCOC(=O)C(=C)CO)cc(-c2ccc(C#Cc3ccc(CCCCC(F)(F)F)cc3)cc2)c1. The molecule has 254 valence electrons. The molecule has 0 aliphatic heterocycles. The van der Waals surface area contributed by atoms with Crippen molar-refractivity contribution in [2.75, 3.05) is 39.6 Å². The lowest BCUT2D eigenvalue weighted by molar-refractivity contribution is -0.141. The standard InChI is InChI=1S/C37H37F3O8/c1-26(24-41)35(43)47-19-17-45-33-21-32(22-34(23-33)46-18-20-48-36(44)27(2)25-42)31-14-12-30(13-15-31)11-10-29-8-6-28(7-9-29)5-3-4-16-37(38,39)40/h6-9,12-15,21-23,41-42H,1-5,16-20,24-25H2. The molecule has 0 saturated carbocycles. The van der Waals surface area contributed by atoms with Gasteiger partial charge in [0, 0.05) is 23.6 Å². The first-order valence-corrected chi connectivity index (χ1v) is 15.1. The number of hydrogen-bond acceptors (Lipinski definition) is 8. The first-order valence-electron chi connectivity index (χ1n) is 15.1. The van der Waals surface area contributed by atoms with Gasteiger partial charge in [0.1, 0.15) is 37.9 Å². The number of aliphatic hydroxyl groups excluding tert-OH is 2. The molecule has 0 aliphatic carbocycles. The van der Waals surface area contributed by atoms with E-state index in [1.807, 2.05) is 48.5 Å². The second-order valence-electron chi connectivity index (χ2n) is 10.5. The van der Waals surface area contributed by atoms with Gasteiger partial charge in [-0.05, 0) is 72.4 Å². The van der Waals surface area contributed by atoms with Gasteiger partial charge in [-0.15, -0.1) is 0 Å². The number of carbonyl (C=O) groups excluding carboxylic acids is 2. The molecule has 0 unspecified atom stereocenters. The number of unbranched alkanes of at least 4 members (excludes halogenated alkanes) is 1. The summed E-state index contributed by atoms with van der Waals surface area (Å²) in [5.41, 5.74) is 3.92. The summed E-state index contributed by atoms with van der Waals surface area (Å²) in [5.74, 6) is 5.59. The van der Waals surface area contributed by atoms with E-state index in [0.717, 1.165) is 27.8 Å². The maximum atomic E-state index is 12.3. The summed E-state index contributed by atoms with van der Waals surface area (Å²) < 4.78 is 58.6. The van der Waals surface area contributed by atoms with Crippen molar-refractivity contribution in [3.8, 4) is 34.5 Å². The number of aliphatic hydroxyl groups is 2. The van der Waals surface area contributed by atoms with Gasteiger partial charge < -0.3 is 29.2 Å². The minimum atomic E-state index is -4.12. The third kappa shape index (κ3) is 13.4. The molecule has 0 saturated heterocycles. The zero-order valence-corrected chi connectivity index (χ0v) is 26.3. The molecule has 0 fully saturated rings. The monoisotopic (exact) mass is 666 g/mol. The van der Waals surface area contributed by atoms with Crippen LogP contribution >= 0.6 is 0 Å². The number of benzene rings is 3. The van der Waals surface area contributed by atoms with Gasteiger partial charge in [0.15, 0.2) is 0 Å². The third-order valence-corrected chi connectivity index (χ3v) is 6.71. The number of halogens is 3. The van der Waals surface area contributed by atoms with Crippen LogP contribution in [0.15, 0.2) is 91.0 Å². The van der Waals surface area contributed by atoms with Gasteiger partial charge in [-0.3, -0.25) is 0 Å². The van der Waals surface area contributed by atoms with Crippen molar-refractivity contribution in [2.45, 2.75) is 31.9 Å². The summed E-state index contributed by atoms with van der Waals surface area (Å²) >= 11 is 0. The van der Waals surface area contributed by atoms with Crippen LogP contribution in [0.25, 0.3) is 11.1 Å². The Kier molecular flexibility index (Phi) is 14.8. The van der Waals surface area contributed by atoms with Crippen LogP contribution in [0.5, 0.6) is 11.5 Å². The summed E-state index contributed by atoms with van der Waals surface area (Å²) in [4.78, 5) is 23.4. The van der Waals surface area contributed by atoms with Crippen LogP contribution in [0.1, 0.15) is 36.0 Å². The smallest absolute Gasteiger partial charge is 0.389 e. The van der Waals surface area contributed by atoms with Crippen LogP contribution in [0.4, 0.5) is 13.2 Å². The van der Waals surface area contributed by atoms with E-state index in [0.29, 0.717) is 24.3 Å². The van der Waals surface area contributed by atoms with E-state index in [-0.39, 0.29) is 44.0 Å². The molecule has 0 aromatic heterocycles. The van der Waals surface area contributed by atoms with Gasteiger partial charge in [-0.25, -0.2) is 9.59 Å². The number of ether oxygens (including phenoxy) is 4. The molecular formula is C37H37F3O8. The summed E-state index contributed by atoms with van der Waals surface area (Å²) in [6.45, 7) is 5.67. The summed E-state index contributed by atoms with van der Waals surface area (Å²) in [7, 11) is 0. The van der Waals surface area contributed by atoms with E-state index in [9.17, 15) is 22.8 Å². The van der Waals surface area contributed by atoms with E-state index in [1.165, 1.54) is 0 Å². The fourth-order valence-electron chi connectivity index (χ4n) is 4.13. The number of hydrogen-bond donors (Lipinski definition) is 2. The largest absolute Gasteiger partial charge is 0.490 e. The van der Waals surface area contributed by atoms with Gasteiger partial charge in [0.05, 0.1) is 24.4 Å². The van der Waals surface area contributed by atoms with Crippen molar-refractivity contribution >= 4 is 11.9 Å². The molecule has 8 nitrogen and oxygen atoms in total. The lowest BCUT2D eigenvalue weighted by Crippen LogP contribution is -2.15. The maximum Gasteiger partial charge on any atom is 0.389 e. The van der Waals surface area contributed by atoms with Crippen molar-refractivity contribution in [3.63, 3.8) is 0 Å². The Balaban J connectivity index is 1.66. The topological polar surface area (TPSA) is 112 Å². The molecule has 0 atom stereocenters. The number of rotatable bonds is 17. The van der Waals surface area contributed by atoms with Crippen LogP contribution in [-0.2, 0) is 25.5 Å². The van der Waals surface area contributed by atoms with Crippen molar-refractivity contribution in [1.82, 2.24) is 0 Å². The Hall–Kier alpha value is -5.05. The molecule has 3 aromatic carbocycles. The van der Waals surface area contributed by atoms with E-state index < -0.39 is 37.7 Å². The summed E-state index contributed by atoms with van der Waals surface area (Å²) in [6.07, 6.45) is -3.75. The molecule has 0 heterocycles. The van der Waals surface area contributed by atoms with E-state index in [4.69, 9.17) is 29.2 Å². The quantitative estimate of drug-likeness (QED) is 0.0785. The Morgan fingerprint density at radius 3 is 1.60 bits per heavy atom. The van der Waals surface area contributed by atoms with Crippen LogP contribution in [0.2, 0.25) is 0 Å². The van der Waals surface area contributed by atoms with Gasteiger partial charge in [0.2, 0.25) is 0 Å². The first-order chi connectivity index (χ1) is 23.0. The van der Waals surface area contributed by atoms with Crippen LogP contribution in [0.3, 0.4) is 0 Å². The maximum absolute atomic E-state index is 12.3. The molecule has 0 bridgehead atoms. The Bertz CT molecular complexity index is 1550. The molecule has 48 heavy (non-hydrogen) atoms. The molecule has 2 N–H and O–H groups in total.